The van der Waals surface area contributed by atoms with Crippen molar-refractivity contribution in [2.24, 2.45) is 5.92 Å². The van der Waals surface area contributed by atoms with E-state index in [-0.39, 0.29) is 5.92 Å². The monoisotopic (exact) mass is 263 g/mol. The number of fused-ring (bicyclic) bond motifs is 3. The number of amides is 1. The molecule has 0 aliphatic carbocycles. The molecule has 0 radical (unpaired) electrons. The van der Waals surface area contributed by atoms with Crippen LogP contribution in [-0.4, -0.2) is 42.9 Å². The Morgan fingerprint density at radius 3 is 3.05 bits per heavy atom. The first-order valence-corrected chi connectivity index (χ1v) is 6.48. The minimum atomic E-state index is -0.842. The van der Waals surface area contributed by atoms with E-state index in [0.29, 0.717) is 25.6 Å². The zero-order valence-corrected chi connectivity index (χ0v) is 10.8. The fraction of sp³-hybridized carbons (Fsp3) is 0.500. The standard InChI is InChI=1S/C14H17NO4/c1-18-11-3-2-4-12-13(11)10-8-15(14(16)17)7-9(10)5-6-19-12/h2-4,9-10H,5-8H2,1H3,(H,16,17)/t9-,10-/m1/s1. The number of benzene rings is 1. The number of likely N-dealkylation sites (tertiary alicyclic amines) is 1. The molecular formula is C14H17NO4. The van der Waals surface area contributed by atoms with E-state index in [1.54, 1.807) is 7.11 Å². The number of ether oxygens (including phenoxy) is 2. The highest BCUT2D eigenvalue weighted by molar-refractivity contribution is 5.66. The number of methoxy groups -OCH3 is 1. The van der Waals surface area contributed by atoms with Gasteiger partial charge in [0.15, 0.2) is 0 Å². The second-order valence-corrected chi connectivity index (χ2v) is 5.06. The minimum absolute atomic E-state index is 0.171. The number of rotatable bonds is 1. The van der Waals surface area contributed by atoms with E-state index < -0.39 is 6.09 Å². The summed E-state index contributed by atoms with van der Waals surface area (Å²) in [5.41, 5.74) is 1.02. The molecule has 1 amide bonds. The van der Waals surface area contributed by atoms with E-state index in [9.17, 15) is 4.79 Å². The van der Waals surface area contributed by atoms with Crippen molar-refractivity contribution in [1.82, 2.24) is 4.90 Å². The fourth-order valence-corrected chi connectivity index (χ4v) is 3.16. The number of nitrogens with zero attached hydrogens (tertiary/aromatic N) is 1. The lowest BCUT2D eigenvalue weighted by Gasteiger charge is -2.18. The lowest BCUT2D eigenvalue weighted by Crippen LogP contribution is -2.27. The average molecular weight is 263 g/mol. The fourth-order valence-electron chi connectivity index (χ4n) is 3.16. The summed E-state index contributed by atoms with van der Waals surface area (Å²) in [5, 5.41) is 9.17. The molecule has 5 nitrogen and oxygen atoms in total. The van der Waals surface area contributed by atoms with Gasteiger partial charge in [0.1, 0.15) is 11.5 Å². The van der Waals surface area contributed by atoms with Crippen molar-refractivity contribution in [1.29, 1.82) is 0 Å². The van der Waals surface area contributed by atoms with E-state index >= 15 is 0 Å². The molecular weight excluding hydrogens is 246 g/mol. The SMILES string of the molecule is COc1cccc2c1[C@@H]1CN(C(=O)O)C[C@H]1CCO2. The smallest absolute Gasteiger partial charge is 0.407 e. The van der Waals surface area contributed by atoms with Gasteiger partial charge in [-0.05, 0) is 24.5 Å². The number of carbonyl (C=O) groups is 1. The summed E-state index contributed by atoms with van der Waals surface area (Å²) >= 11 is 0. The second kappa shape index (κ2) is 4.64. The van der Waals surface area contributed by atoms with Crippen LogP contribution >= 0.6 is 0 Å². The molecule has 5 heteroatoms. The van der Waals surface area contributed by atoms with Crippen LogP contribution in [0.15, 0.2) is 18.2 Å². The molecule has 2 aliphatic heterocycles. The zero-order chi connectivity index (χ0) is 13.4. The molecule has 0 unspecified atom stereocenters. The van der Waals surface area contributed by atoms with Crippen LogP contribution in [0.5, 0.6) is 11.5 Å². The van der Waals surface area contributed by atoms with Crippen molar-refractivity contribution >= 4 is 6.09 Å². The molecule has 2 aliphatic rings. The van der Waals surface area contributed by atoms with Crippen molar-refractivity contribution < 1.29 is 19.4 Å². The minimum Gasteiger partial charge on any atom is -0.496 e. The lowest BCUT2D eigenvalue weighted by atomic mass is 9.87. The van der Waals surface area contributed by atoms with Gasteiger partial charge in [-0.2, -0.15) is 0 Å². The van der Waals surface area contributed by atoms with E-state index in [2.05, 4.69) is 0 Å². The average Bonchev–Trinajstić information content (AvgIpc) is 2.75. The Morgan fingerprint density at radius 2 is 2.32 bits per heavy atom. The van der Waals surface area contributed by atoms with Crippen LogP contribution < -0.4 is 9.47 Å². The predicted octanol–water partition coefficient (Wildman–Crippen LogP) is 2.17. The molecule has 1 N–H and O–H groups in total. The van der Waals surface area contributed by atoms with Gasteiger partial charge >= 0.3 is 6.09 Å². The molecule has 1 saturated heterocycles. The third kappa shape index (κ3) is 1.99. The van der Waals surface area contributed by atoms with Gasteiger partial charge in [0.05, 0.1) is 13.7 Å². The van der Waals surface area contributed by atoms with Crippen LogP contribution in [0.2, 0.25) is 0 Å². The molecule has 2 heterocycles. The Morgan fingerprint density at radius 1 is 1.47 bits per heavy atom. The third-order valence-electron chi connectivity index (χ3n) is 4.07. The molecule has 0 aromatic heterocycles. The van der Waals surface area contributed by atoms with Crippen molar-refractivity contribution in [2.75, 3.05) is 26.8 Å². The van der Waals surface area contributed by atoms with Crippen LogP contribution in [-0.2, 0) is 0 Å². The Hall–Kier alpha value is -1.91. The molecule has 1 fully saturated rings. The molecule has 1 aromatic carbocycles. The summed E-state index contributed by atoms with van der Waals surface area (Å²) in [6.07, 6.45) is 0.0390. The van der Waals surface area contributed by atoms with Crippen LogP contribution in [0, 0.1) is 5.92 Å². The van der Waals surface area contributed by atoms with Crippen molar-refractivity contribution in [3.63, 3.8) is 0 Å². The molecule has 0 spiro atoms. The first-order chi connectivity index (χ1) is 9.20. The number of hydrogen-bond donors (Lipinski definition) is 1. The Bertz CT molecular complexity index is 502. The van der Waals surface area contributed by atoms with Gasteiger partial charge in [0.2, 0.25) is 0 Å². The lowest BCUT2D eigenvalue weighted by molar-refractivity contribution is 0.152. The van der Waals surface area contributed by atoms with Crippen LogP contribution in [0.3, 0.4) is 0 Å². The molecule has 3 rings (SSSR count). The van der Waals surface area contributed by atoms with Gasteiger partial charge in [0.25, 0.3) is 0 Å². The summed E-state index contributed by atoms with van der Waals surface area (Å²) in [7, 11) is 1.64. The van der Waals surface area contributed by atoms with E-state index in [4.69, 9.17) is 14.6 Å². The van der Waals surface area contributed by atoms with Crippen molar-refractivity contribution in [3.8, 4) is 11.5 Å². The quantitative estimate of drug-likeness (QED) is 0.843. The highest BCUT2D eigenvalue weighted by Crippen LogP contribution is 2.45. The maximum Gasteiger partial charge on any atom is 0.407 e. The summed E-state index contributed by atoms with van der Waals surface area (Å²) in [4.78, 5) is 12.7. The molecule has 102 valence electrons. The second-order valence-electron chi connectivity index (χ2n) is 5.06. The maximum atomic E-state index is 11.2. The van der Waals surface area contributed by atoms with Crippen molar-refractivity contribution in [2.45, 2.75) is 12.3 Å². The summed E-state index contributed by atoms with van der Waals surface area (Å²) < 4.78 is 11.2. The zero-order valence-electron chi connectivity index (χ0n) is 10.8. The van der Waals surface area contributed by atoms with E-state index in [1.165, 1.54) is 4.90 Å². The largest absolute Gasteiger partial charge is 0.496 e. The Balaban J connectivity index is 2.02. The molecule has 19 heavy (non-hydrogen) atoms. The number of hydrogen-bond acceptors (Lipinski definition) is 3. The van der Waals surface area contributed by atoms with Gasteiger partial charge < -0.3 is 19.5 Å². The summed E-state index contributed by atoms with van der Waals surface area (Å²) in [6, 6.07) is 5.75. The molecule has 0 bridgehead atoms. The molecule has 0 saturated carbocycles. The van der Waals surface area contributed by atoms with E-state index in [1.807, 2.05) is 18.2 Å². The van der Waals surface area contributed by atoms with Crippen LogP contribution in [0.4, 0.5) is 4.79 Å². The summed E-state index contributed by atoms with van der Waals surface area (Å²) in [5.74, 6) is 2.11. The Kier molecular flexibility index (Phi) is 2.97. The first kappa shape index (κ1) is 12.1. The first-order valence-electron chi connectivity index (χ1n) is 6.48. The number of carboxylic acid groups (broad SMARTS) is 1. The highest BCUT2D eigenvalue weighted by Gasteiger charge is 2.40. The molecule has 1 aromatic rings. The van der Waals surface area contributed by atoms with Gasteiger partial charge in [-0.15, -0.1) is 0 Å². The van der Waals surface area contributed by atoms with Gasteiger partial charge in [-0.25, -0.2) is 4.79 Å². The Labute approximate surface area is 111 Å². The van der Waals surface area contributed by atoms with E-state index in [0.717, 1.165) is 23.5 Å². The van der Waals surface area contributed by atoms with Crippen LogP contribution in [0.1, 0.15) is 17.9 Å². The highest BCUT2D eigenvalue weighted by atomic mass is 16.5. The van der Waals surface area contributed by atoms with Crippen LogP contribution in [0.25, 0.3) is 0 Å². The van der Waals surface area contributed by atoms with Gasteiger partial charge in [0, 0.05) is 24.6 Å². The topological polar surface area (TPSA) is 59.0 Å². The van der Waals surface area contributed by atoms with Gasteiger partial charge in [-0.3, -0.25) is 0 Å². The predicted molar refractivity (Wildman–Crippen MR) is 68.9 cm³/mol. The van der Waals surface area contributed by atoms with Crippen molar-refractivity contribution in [3.05, 3.63) is 23.8 Å². The third-order valence-corrected chi connectivity index (χ3v) is 4.07. The normalized spacial score (nSPS) is 25.0. The maximum absolute atomic E-state index is 11.2. The van der Waals surface area contributed by atoms with Gasteiger partial charge in [-0.1, -0.05) is 6.07 Å². The molecule has 2 atom stereocenters. The summed E-state index contributed by atoms with van der Waals surface area (Å²) in [6.45, 7) is 1.74.